The molecule has 1 aromatic carbocycles. The standard InChI is InChI=1S/C16H20FN3/c1-10(9-18)8-15-11(2)19-16(20-12(15)3)13-4-6-14(17)7-5-13/h4-7,10H,8-9,18H2,1-3H3. The fraction of sp³-hybridized carbons (Fsp3) is 0.375. The van der Waals surface area contributed by atoms with E-state index in [0.717, 1.165) is 28.9 Å². The summed E-state index contributed by atoms with van der Waals surface area (Å²) in [7, 11) is 0. The van der Waals surface area contributed by atoms with Gasteiger partial charge >= 0.3 is 0 Å². The van der Waals surface area contributed by atoms with E-state index in [9.17, 15) is 4.39 Å². The maximum atomic E-state index is 13.0. The summed E-state index contributed by atoms with van der Waals surface area (Å²) >= 11 is 0. The van der Waals surface area contributed by atoms with Gasteiger partial charge in [0.2, 0.25) is 0 Å². The van der Waals surface area contributed by atoms with E-state index in [4.69, 9.17) is 5.73 Å². The van der Waals surface area contributed by atoms with Crippen LogP contribution in [0.4, 0.5) is 4.39 Å². The molecule has 1 aromatic heterocycles. The third-order valence-corrected chi connectivity index (χ3v) is 3.48. The van der Waals surface area contributed by atoms with E-state index in [1.165, 1.54) is 12.1 Å². The molecule has 2 rings (SSSR count). The number of aryl methyl sites for hydroxylation is 2. The van der Waals surface area contributed by atoms with E-state index < -0.39 is 0 Å². The van der Waals surface area contributed by atoms with Gasteiger partial charge in [-0.3, -0.25) is 0 Å². The molecule has 0 radical (unpaired) electrons. The van der Waals surface area contributed by atoms with Gasteiger partial charge in [-0.25, -0.2) is 14.4 Å². The van der Waals surface area contributed by atoms with Crippen molar-refractivity contribution in [2.75, 3.05) is 6.54 Å². The first-order valence-corrected chi connectivity index (χ1v) is 6.81. The highest BCUT2D eigenvalue weighted by atomic mass is 19.1. The smallest absolute Gasteiger partial charge is 0.159 e. The van der Waals surface area contributed by atoms with Gasteiger partial charge in [0.1, 0.15) is 5.82 Å². The van der Waals surface area contributed by atoms with Crippen LogP contribution in [-0.4, -0.2) is 16.5 Å². The predicted molar refractivity (Wildman–Crippen MR) is 78.8 cm³/mol. The van der Waals surface area contributed by atoms with Gasteiger partial charge < -0.3 is 5.73 Å². The molecule has 20 heavy (non-hydrogen) atoms. The minimum absolute atomic E-state index is 0.254. The van der Waals surface area contributed by atoms with E-state index in [1.807, 2.05) is 13.8 Å². The summed E-state index contributed by atoms with van der Waals surface area (Å²) in [6, 6.07) is 6.25. The molecule has 2 N–H and O–H groups in total. The minimum atomic E-state index is -0.254. The Hall–Kier alpha value is -1.81. The molecule has 0 aliphatic rings. The summed E-state index contributed by atoms with van der Waals surface area (Å²) < 4.78 is 13.0. The molecule has 1 atom stereocenters. The van der Waals surface area contributed by atoms with Crippen LogP contribution in [0.15, 0.2) is 24.3 Å². The number of halogens is 1. The number of nitrogens with zero attached hydrogens (tertiary/aromatic N) is 2. The molecule has 2 aromatic rings. The summed E-state index contributed by atoms with van der Waals surface area (Å²) in [4.78, 5) is 9.09. The number of aromatic nitrogens is 2. The maximum absolute atomic E-state index is 13.0. The van der Waals surface area contributed by atoms with E-state index in [1.54, 1.807) is 12.1 Å². The van der Waals surface area contributed by atoms with E-state index >= 15 is 0 Å². The predicted octanol–water partition coefficient (Wildman–Crippen LogP) is 3.04. The summed E-state index contributed by atoms with van der Waals surface area (Å²) in [5.74, 6) is 0.799. The van der Waals surface area contributed by atoms with Gasteiger partial charge in [-0.15, -0.1) is 0 Å². The molecule has 4 heteroatoms. The van der Waals surface area contributed by atoms with Gasteiger partial charge in [-0.1, -0.05) is 6.92 Å². The van der Waals surface area contributed by atoms with Crippen molar-refractivity contribution in [3.63, 3.8) is 0 Å². The highest BCUT2D eigenvalue weighted by molar-refractivity contribution is 5.55. The zero-order chi connectivity index (χ0) is 14.7. The molecule has 106 valence electrons. The third kappa shape index (κ3) is 3.20. The average Bonchev–Trinajstić information content (AvgIpc) is 2.43. The fourth-order valence-electron chi connectivity index (χ4n) is 2.19. The Bertz CT molecular complexity index is 570. The van der Waals surface area contributed by atoms with Crippen molar-refractivity contribution in [1.29, 1.82) is 0 Å². The van der Waals surface area contributed by atoms with Gasteiger partial charge in [0, 0.05) is 17.0 Å². The van der Waals surface area contributed by atoms with E-state index in [2.05, 4.69) is 16.9 Å². The van der Waals surface area contributed by atoms with Crippen molar-refractivity contribution in [1.82, 2.24) is 9.97 Å². The number of rotatable bonds is 4. The highest BCUT2D eigenvalue weighted by Crippen LogP contribution is 2.21. The molecule has 0 saturated heterocycles. The molecular weight excluding hydrogens is 253 g/mol. The second-order valence-corrected chi connectivity index (χ2v) is 5.25. The molecule has 3 nitrogen and oxygen atoms in total. The van der Waals surface area contributed by atoms with Crippen molar-refractivity contribution in [2.45, 2.75) is 27.2 Å². The first kappa shape index (κ1) is 14.6. The van der Waals surface area contributed by atoms with Crippen molar-refractivity contribution < 1.29 is 4.39 Å². The summed E-state index contributed by atoms with van der Waals surface area (Å²) in [6.45, 7) is 6.74. The zero-order valence-electron chi connectivity index (χ0n) is 12.2. The first-order chi connectivity index (χ1) is 9.51. The summed E-state index contributed by atoms with van der Waals surface area (Å²) in [5.41, 5.74) is 9.61. The lowest BCUT2D eigenvalue weighted by Crippen LogP contribution is -2.15. The lowest BCUT2D eigenvalue weighted by Gasteiger charge is -2.14. The summed E-state index contributed by atoms with van der Waals surface area (Å²) in [5, 5.41) is 0. The lowest BCUT2D eigenvalue weighted by atomic mass is 9.99. The van der Waals surface area contributed by atoms with Gasteiger partial charge in [0.25, 0.3) is 0 Å². The van der Waals surface area contributed by atoms with Crippen molar-refractivity contribution in [2.24, 2.45) is 11.7 Å². The second-order valence-electron chi connectivity index (χ2n) is 5.25. The fourth-order valence-corrected chi connectivity index (χ4v) is 2.19. The molecule has 0 aliphatic heterocycles. The van der Waals surface area contributed by atoms with Crippen molar-refractivity contribution in [3.05, 3.63) is 47.0 Å². The first-order valence-electron chi connectivity index (χ1n) is 6.81. The van der Waals surface area contributed by atoms with Crippen LogP contribution in [0.5, 0.6) is 0 Å². The molecule has 0 amide bonds. The van der Waals surface area contributed by atoms with Crippen LogP contribution in [0.2, 0.25) is 0 Å². The molecule has 0 saturated carbocycles. The molecule has 0 bridgehead atoms. The SMILES string of the molecule is Cc1nc(-c2ccc(F)cc2)nc(C)c1CC(C)CN. The monoisotopic (exact) mass is 273 g/mol. The summed E-state index contributed by atoms with van der Waals surface area (Å²) in [6.07, 6.45) is 0.887. The van der Waals surface area contributed by atoms with Crippen LogP contribution in [0.3, 0.4) is 0 Å². The van der Waals surface area contributed by atoms with Crippen molar-refractivity contribution in [3.8, 4) is 11.4 Å². The van der Waals surface area contributed by atoms with Gasteiger partial charge in [0.15, 0.2) is 5.82 Å². The number of benzene rings is 1. The Labute approximate surface area is 119 Å². The van der Waals surface area contributed by atoms with Crippen molar-refractivity contribution >= 4 is 0 Å². The Morgan fingerprint density at radius 2 is 1.65 bits per heavy atom. The van der Waals surface area contributed by atoms with Gasteiger partial charge in [0.05, 0.1) is 0 Å². The van der Waals surface area contributed by atoms with E-state index in [0.29, 0.717) is 18.3 Å². The van der Waals surface area contributed by atoms with Gasteiger partial charge in [-0.05, 0) is 62.6 Å². The zero-order valence-corrected chi connectivity index (χ0v) is 12.2. The minimum Gasteiger partial charge on any atom is -0.330 e. The quantitative estimate of drug-likeness (QED) is 0.931. The topological polar surface area (TPSA) is 51.8 Å². The maximum Gasteiger partial charge on any atom is 0.159 e. The number of nitrogens with two attached hydrogens (primary N) is 1. The molecular formula is C16H20FN3. The average molecular weight is 273 g/mol. The normalized spacial score (nSPS) is 12.4. The van der Waals surface area contributed by atoms with Crippen LogP contribution < -0.4 is 5.73 Å². The number of hydrogen-bond acceptors (Lipinski definition) is 3. The van der Waals surface area contributed by atoms with Gasteiger partial charge in [-0.2, -0.15) is 0 Å². The van der Waals surface area contributed by atoms with Crippen LogP contribution in [0.1, 0.15) is 23.9 Å². The lowest BCUT2D eigenvalue weighted by molar-refractivity contribution is 0.586. The van der Waals surface area contributed by atoms with Crippen LogP contribution in [0, 0.1) is 25.6 Å². The Morgan fingerprint density at radius 1 is 1.10 bits per heavy atom. The second kappa shape index (κ2) is 6.09. The van der Waals surface area contributed by atoms with Crippen LogP contribution in [0.25, 0.3) is 11.4 Å². The Morgan fingerprint density at radius 3 is 2.15 bits per heavy atom. The largest absolute Gasteiger partial charge is 0.330 e. The van der Waals surface area contributed by atoms with E-state index in [-0.39, 0.29) is 5.82 Å². The van der Waals surface area contributed by atoms with Crippen LogP contribution in [-0.2, 0) is 6.42 Å². The molecule has 0 spiro atoms. The molecule has 1 unspecified atom stereocenters. The molecule has 0 fully saturated rings. The number of hydrogen-bond donors (Lipinski definition) is 1. The molecule has 1 heterocycles. The Balaban J connectivity index is 2.37. The third-order valence-electron chi connectivity index (χ3n) is 3.48. The molecule has 0 aliphatic carbocycles. The highest BCUT2D eigenvalue weighted by Gasteiger charge is 2.12. The Kier molecular flexibility index (Phi) is 4.45. The van der Waals surface area contributed by atoms with Crippen LogP contribution >= 0.6 is 0 Å².